The molecule has 2 aliphatic heterocycles. The third-order valence-electron chi connectivity index (χ3n) is 10.4. The molecule has 5 heterocycles. The minimum absolute atomic E-state index is 0.861. The molecule has 0 amide bonds. The van der Waals surface area contributed by atoms with Gasteiger partial charge in [0, 0.05) is 39.0 Å². The van der Waals surface area contributed by atoms with E-state index in [9.17, 15) is 0 Å². The van der Waals surface area contributed by atoms with Crippen LogP contribution in [0, 0.1) is 0 Å². The molecule has 0 fully saturated rings. The van der Waals surface area contributed by atoms with E-state index in [0.717, 1.165) is 101 Å². The number of aromatic amines is 1. The molecule has 4 heteroatoms. The lowest BCUT2D eigenvalue weighted by molar-refractivity contribution is 1.17. The van der Waals surface area contributed by atoms with Gasteiger partial charge in [-0.1, -0.05) is 146 Å². The average molecular weight is 717 g/mol. The average Bonchev–Trinajstić information content (AvgIpc) is 4.06. The number of hydrogen-bond donors (Lipinski definition) is 1. The van der Waals surface area contributed by atoms with Crippen LogP contribution in [0.4, 0.5) is 0 Å². The summed E-state index contributed by atoms with van der Waals surface area (Å²) in [6.45, 7) is 4.02. The van der Waals surface area contributed by atoms with Crippen LogP contribution in [-0.4, -0.2) is 19.5 Å². The monoisotopic (exact) mass is 716 g/mol. The highest BCUT2D eigenvalue weighted by Crippen LogP contribution is 2.48. The first-order valence-electron chi connectivity index (χ1n) is 18.9. The van der Waals surface area contributed by atoms with Gasteiger partial charge in [-0.15, -0.1) is 0 Å². The Morgan fingerprint density at radius 2 is 1.02 bits per heavy atom. The van der Waals surface area contributed by atoms with Crippen molar-refractivity contribution in [2.75, 3.05) is 0 Å². The summed E-state index contributed by atoms with van der Waals surface area (Å²) in [5, 5.41) is 0. The van der Waals surface area contributed by atoms with Crippen LogP contribution in [0.15, 0.2) is 183 Å². The van der Waals surface area contributed by atoms with E-state index < -0.39 is 0 Å². The first kappa shape index (κ1) is 33.0. The summed E-state index contributed by atoms with van der Waals surface area (Å²) in [6, 6.07) is 62.2. The van der Waals surface area contributed by atoms with Crippen LogP contribution in [-0.2, 0) is 0 Å². The van der Waals surface area contributed by atoms with Crippen LogP contribution in [0.3, 0.4) is 0 Å². The van der Waals surface area contributed by atoms with E-state index in [1.165, 1.54) is 0 Å². The maximum atomic E-state index is 5.59. The lowest BCUT2D eigenvalue weighted by Gasteiger charge is -2.15. The number of fused-ring (bicyclic) bond motifs is 8. The molecule has 0 aliphatic carbocycles. The number of benzene rings is 5. The van der Waals surface area contributed by atoms with Gasteiger partial charge in [-0.25, -0.2) is 9.97 Å². The molecule has 1 N–H and O–H groups in total. The normalized spacial score (nSPS) is 12.0. The summed E-state index contributed by atoms with van der Waals surface area (Å²) in [5.41, 5.74) is 18.3. The van der Waals surface area contributed by atoms with Gasteiger partial charge in [-0.2, -0.15) is 0 Å². The van der Waals surface area contributed by atoms with Gasteiger partial charge in [0.25, 0.3) is 0 Å². The van der Waals surface area contributed by atoms with Crippen LogP contribution >= 0.6 is 0 Å². The Morgan fingerprint density at radius 1 is 0.482 bits per heavy atom. The Balaban J connectivity index is 1.52. The summed E-state index contributed by atoms with van der Waals surface area (Å²) < 4.78 is 2.43. The summed E-state index contributed by atoms with van der Waals surface area (Å²) >= 11 is 0. The second-order valence-corrected chi connectivity index (χ2v) is 14.0. The van der Waals surface area contributed by atoms with E-state index >= 15 is 0 Å². The van der Waals surface area contributed by atoms with Crippen molar-refractivity contribution in [2.24, 2.45) is 0 Å². The van der Waals surface area contributed by atoms with E-state index in [1.54, 1.807) is 0 Å². The number of nitrogens with one attached hydrogen (secondary N) is 1. The zero-order valence-electron chi connectivity index (χ0n) is 30.6. The van der Waals surface area contributed by atoms with Gasteiger partial charge in [-0.3, -0.25) is 0 Å². The third-order valence-corrected chi connectivity index (χ3v) is 10.4. The van der Waals surface area contributed by atoms with Gasteiger partial charge in [0.15, 0.2) is 0 Å². The fourth-order valence-corrected chi connectivity index (χ4v) is 7.92. The Labute approximate surface area is 325 Å². The predicted octanol–water partition coefficient (Wildman–Crippen LogP) is 13.2. The quantitative estimate of drug-likeness (QED) is 0.186. The largest absolute Gasteiger partial charge is 0.355 e. The molecule has 56 heavy (non-hydrogen) atoms. The lowest BCUT2D eigenvalue weighted by atomic mass is 9.91. The lowest BCUT2D eigenvalue weighted by Crippen LogP contribution is -1.99. The number of rotatable bonds is 6. The molecule has 0 saturated heterocycles. The van der Waals surface area contributed by atoms with Crippen molar-refractivity contribution in [3.8, 4) is 39.1 Å². The van der Waals surface area contributed by atoms with E-state index in [2.05, 4.69) is 210 Å². The number of para-hydroxylation sites is 1. The smallest absolute Gasteiger partial charge is 0.0815 e. The van der Waals surface area contributed by atoms with Gasteiger partial charge in [0.1, 0.15) is 0 Å². The topological polar surface area (TPSA) is 46.5 Å². The number of nitrogens with zero attached hydrogens (tertiary/aromatic N) is 3. The van der Waals surface area contributed by atoms with E-state index in [-0.39, 0.29) is 0 Å². The minimum atomic E-state index is 0.861. The van der Waals surface area contributed by atoms with Crippen molar-refractivity contribution in [2.45, 2.75) is 0 Å². The zero-order chi connectivity index (χ0) is 37.4. The Kier molecular flexibility index (Phi) is 8.27. The highest BCUT2D eigenvalue weighted by atomic mass is 15.0. The third kappa shape index (κ3) is 6.00. The van der Waals surface area contributed by atoms with Crippen molar-refractivity contribution in [1.29, 1.82) is 0 Å². The van der Waals surface area contributed by atoms with E-state index in [4.69, 9.17) is 9.97 Å². The van der Waals surface area contributed by atoms with Gasteiger partial charge in [0.05, 0.1) is 33.8 Å². The Bertz CT molecular complexity index is 2990. The zero-order valence-corrected chi connectivity index (χ0v) is 30.6. The maximum Gasteiger partial charge on any atom is 0.0815 e. The van der Waals surface area contributed by atoms with Crippen LogP contribution in [0.1, 0.15) is 33.9 Å². The van der Waals surface area contributed by atoms with E-state index in [1.807, 2.05) is 6.08 Å². The maximum absolute atomic E-state index is 5.59. The van der Waals surface area contributed by atoms with Crippen LogP contribution < -0.4 is 0 Å². The summed E-state index contributed by atoms with van der Waals surface area (Å²) in [7, 11) is 0. The van der Waals surface area contributed by atoms with Gasteiger partial charge < -0.3 is 9.55 Å². The minimum Gasteiger partial charge on any atom is -0.355 e. The highest BCUT2D eigenvalue weighted by molar-refractivity contribution is 6.12. The molecule has 8 aromatic rings. The van der Waals surface area contributed by atoms with Crippen molar-refractivity contribution in [3.63, 3.8) is 0 Å². The van der Waals surface area contributed by atoms with Crippen LogP contribution in [0.5, 0.6) is 0 Å². The molecular formula is C52H36N4. The fraction of sp³-hybridized carbons (Fsp3) is 0. The molecule has 0 atom stereocenters. The van der Waals surface area contributed by atoms with Crippen LogP contribution in [0.25, 0.3) is 91.0 Å². The number of hydrogen-bond acceptors (Lipinski definition) is 2. The van der Waals surface area contributed by atoms with Gasteiger partial charge >= 0.3 is 0 Å². The SMILES string of the molecule is C=Cc1ccc(C2=Cc3cc4ccc(cc5nc(cc6c(-c7ccccc7)c(-c7ccccc7)c(c(-c7ccccc7)c2n3)n6-c2ccccc2)C=C5)[nH]4)cc1. The second-order valence-electron chi connectivity index (χ2n) is 14.0. The van der Waals surface area contributed by atoms with Crippen molar-refractivity contribution in [1.82, 2.24) is 19.5 Å². The summed E-state index contributed by atoms with van der Waals surface area (Å²) in [5.74, 6) is 0. The molecule has 8 bridgehead atoms. The van der Waals surface area contributed by atoms with Gasteiger partial charge in [-0.05, 0) is 88.5 Å². The number of H-pyrrole nitrogens is 1. The molecule has 3 aromatic heterocycles. The van der Waals surface area contributed by atoms with Crippen molar-refractivity contribution >= 4 is 51.9 Å². The molecule has 10 rings (SSSR count). The molecule has 264 valence electrons. The highest BCUT2D eigenvalue weighted by Gasteiger charge is 2.27. The molecule has 0 unspecified atom stereocenters. The molecule has 4 nitrogen and oxygen atoms in total. The predicted molar refractivity (Wildman–Crippen MR) is 235 cm³/mol. The van der Waals surface area contributed by atoms with E-state index in [0.29, 0.717) is 0 Å². The number of aromatic nitrogens is 4. The second kappa shape index (κ2) is 14.0. The molecule has 2 aliphatic rings. The molecule has 0 saturated carbocycles. The first-order valence-corrected chi connectivity index (χ1v) is 18.9. The summed E-state index contributed by atoms with van der Waals surface area (Å²) in [6.07, 6.45) is 8.29. The van der Waals surface area contributed by atoms with Crippen molar-refractivity contribution in [3.05, 3.63) is 216 Å². The first-order chi connectivity index (χ1) is 27.7. The molecule has 5 aromatic carbocycles. The molecule has 0 radical (unpaired) electrons. The molecule has 0 spiro atoms. The fourth-order valence-electron chi connectivity index (χ4n) is 7.92. The van der Waals surface area contributed by atoms with Crippen molar-refractivity contribution < 1.29 is 0 Å². The Hall–Kier alpha value is -7.56. The standard InChI is InChI=1S/C52H36N4/c1-2-35-23-25-36(26-24-35)46-33-44-32-42-28-27-40(53-42)31-41-29-30-43(54-41)34-47-48(37-15-7-3-8-16-37)49(38-17-9-4-10-18-38)52(56(47)45-21-13-6-14-22-45)50(51(46)55-44)39-19-11-5-12-20-39/h2-34,53H,1H2. The van der Waals surface area contributed by atoms with Gasteiger partial charge in [0.2, 0.25) is 0 Å². The van der Waals surface area contributed by atoms with Crippen LogP contribution in [0.2, 0.25) is 0 Å². The summed E-state index contributed by atoms with van der Waals surface area (Å²) in [4.78, 5) is 14.3. The molecular weight excluding hydrogens is 681 g/mol. The Morgan fingerprint density at radius 3 is 1.62 bits per heavy atom.